The minimum absolute atomic E-state index is 0.0698. The average molecular weight is 289 g/mol. The molecule has 22 heavy (non-hydrogen) atoms. The van der Waals surface area contributed by atoms with Gasteiger partial charge in [-0.1, -0.05) is 30.4 Å². The Hall–Kier alpha value is -2.39. The van der Waals surface area contributed by atoms with Crippen molar-refractivity contribution < 1.29 is 0 Å². The first-order valence-electron chi connectivity index (χ1n) is 7.63. The van der Waals surface area contributed by atoms with Gasteiger partial charge in [0.05, 0.1) is 0 Å². The van der Waals surface area contributed by atoms with E-state index in [9.17, 15) is 0 Å². The van der Waals surface area contributed by atoms with Crippen molar-refractivity contribution in [2.75, 3.05) is 7.05 Å². The number of pyridine rings is 1. The molecule has 0 aliphatic heterocycles. The van der Waals surface area contributed by atoms with E-state index in [1.807, 2.05) is 25.5 Å². The Morgan fingerprint density at radius 2 is 2.09 bits per heavy atom. The van der Waals surface area contributed by atoms with Crippen LogP contribution in [0, 0.1) is 0 Å². The van der Waals surface area contributed by atoms with Gasteiger partial charge in [0.1, 0.15) is 0 Å². The van der Waals surface area contributed by atoms with Crippen LogP contribution >= 0.6 is 0 Å². The number of nitrogens with one attached hydrogen (secondary N) is 2. The zero-order valence-corrected chi connectivity index (χ0v) is 12.9. The molecule has 3 heteroatoms. The van der Waals surface area contributed by atoms with Gasteiger partial charge in [-0.25, -0.2) is 0 Å². The van der Waals surface area contributed by atoms with E-state index in [-0.39, 0.29) is 5.54 Å². The maximum Gasteiger partial charge on any atom is 0.0495 e. The number of aromatic amines is 1. The van der Waals surface area contributed by atoms with E-state index >= 15 is 0 Å². The van der Waals surface area contributed by atoms with Gasteiger partial charge in [-0.05, 0) is 43.7 Å². The predicted molar refractivity (Wildman–Crippen MR) is 92.8 cm³/mol. The third kappa shape index (κ3) is 2.06. The Morgan fingerprint density at radius 3 is 2.86 bits per heavy atom. The lowest BCUT2D eigenvalue weighted by molar-refractivity contribution is 0.482. The first kappa shape index (κ1) is 13.3. The molecule has 1 aliphatic carbocycles. The predicted octanol–water partition coefficient (Wildman–Crippen LogP) is 4.04. The molecule has 0 spiro atoms. The van der Waals surface area contributed by atoms with Crippen LogP contribution in [-0.2, 0) is 0 Å². The molecule has 0 bridgehead atoms. The summed E-state index contributed by atoms with van der Waals surface area (Å²) >= 11 is 0. The SMILES string of the molecule is CNC1(C)C=CC(c2ccc3c(c2)[nH]c2ccncc23)=CC1. The van der Waals surface area contributed by atoms with Crippen molar-refractivity contribution in [2.45, 2.75) is 18.9 Å². The molecule has 110 valence electrons. The molecule has 2 heterocycles. The van der Waals surface area contributed by atoms with Crippen molar-refractivity contribution in [1.82, 2.24) is 15.3 Å². The largest absolute Gasteiger partial charge is 0.354 e. The molecular formula is C19H19N3. The Morgan fingerprint density at radius 1 is 1.18 bits per heavy atom. The quantitative estimate of drug-likeness (QED) is 0.747. The Labute approximate surface area is 129 Å². The second kappa shape index (κ2) is 4.82. The van der Waals surface area contributed by atoms with E-state index in [0.29, 0.717) is 0 Å². The van der Waals surface area contributed by atoms with Gasteiger partial charge in [0.2, 0.25) is 0 Å². The number of nitrogens with zero attached hydrogens (tertiary/aromatic N) is 1. The van der Waals surface area contributed by atoms with Gasteiger partial charge in [-0.15, -0.1) is 0 Å². The van der Waals surface area contributed by atoms with E-state index in [4.69, 9.17) is 0 Å². The fraction of sp³-hybridized carbons (Fsp3) is 0.211. The summed E-state index contributed by atoms with van der Waals surface area (Å²) in [5.74, 6) is 0. The smallest absolute Gasteiger partial charge is 0.0495 e. The fourth-order valence-electron chi connectivity index (χ4n) is 3.06. The molecule has 2 aromatic heterocycles. The van der Waals surface area contributed by atoms with E-state index in [0.717, 1.165) is 17.5 Å². The number of rotatable bonds is 2. The van der Waals surface area contributed by atoms with E-state index < -0.39 is 0 Å². The first-order valence-corrected chi connectivity index (χ1v) is 7.63. The third-order valence-corrected chi connectivity index (χ3v) is 4.68. The van der Waals surface area contributed by atoms with E-state index in [1.54, 1.807) is 0 Å². The number of hydrogen-bond donors (Lipinski definition) is 2. The van der Waals surface area contributed by atoms with Gasteiger partial charge in [-0.3, -0.25) is 4.98 Å². The molecule has 1 unspecified atom stereocenters. The molecule has 3 nitrogen and oxygen atoms in total. The van der Waals surface area contributed by atoms with Crippen molar-refractivity contribution in [3.05, 3.63) is 60.5 Å². The second-order valence-corrected chi connectivity index (χ2v) is 6.17. The second-order valence-electron chi connectivity index (χ2n) is 6.17. The number of H-pyrrole nitrogens is 1. The van der Waals surface area contributed by atoms with Crippen LogP contribution in [-0.4, -0.2) is 22.6 Å². The molecule has 1 aliphatic rings. The van der Waals surface area contributed by atoms with Gasteiger partial charge in [0.15, 0.2) is 0 Å². The summed E-state index contributed by atoms with van der Waals surface area (Å²) in [4.78, 5) is 7.70. The van der Waals surface area contributed by atoms with Crippen molar-refractivity contribution >= 4 is 27.4 Å². The third-order valence-electron chi connectivity index (χ3n) is 4.68. The normalized spacial score (nSPS) is 21.5. The number of hydrogen-bond acceptors (Lipinski definition) is 2. The lowest BCUT2D eigenvalue weighted by Gasteiger charge is -2.27. The molecule has 3 aromatic rings. The van der Waals surface area contributed by atoms with Crippen LogP contribution in [0.25, 0.3) is 27.4 Å². The molecule has 2 N–H and O–H groups in total. The number of allylic oxidation sites excluding steroid dienone is 2. The number of likely N-dealkylation sites (N-methyl/N-ethyl adjacent to an activating group) is 1. The molecule has 4 rings (SSSR count). The Kier molecular flexibility index (Phi) is 2.91. The molecule has 0 saturated carbocycles. The van der Waals surface area contributed by atoms with Crippen LogP contribution in [0.2, 0.25) is 0 Å². The van der Waals surface area contributed by atoms with Crippen LogP contribution < -0.4 is 5.32 Å². The topological polar surface area (TPSA) is 40.7 Å². The monoisotopic (exact) mass is 289 g/mol. The van der Waals surface area contributed by atoms with Gasteiger partial charge >= 0.3 is 0 Å². The molecule has 1 aromatic carbocycles. The standard InChI is InChI=1S/C19H19N3/c1-19(20-2)8-5-13(6-9-19)14-3-4-15-16-12-21-10-7-17(16)22-18(15)11-14/h3-8,10-12,20,22H,9H2,1-2H3. The summed E-state index contributed by atoms with van der Waals surface area (Å²) in [5.41, 5.74) is 4.91. The van der Waals surface area contributed by atoms with Crippen LogP contribution in [0.4, 0.5) is 0 Å². The highest BCUT2D eigenvalue weighted by Crippen LogP contribution is 2.30. The maximum absolute atomic E-state index is 4.22. The highest BCUT2D eigenvalue weighted by atomic mass is 14.9. The van der Waals surface area contributed by atoms with Crippen LogP contribution in [0.15, 0.2) is 54.9 Å². The Bertz CT molecular complexity index is 917. The average Bonchev–Trinajstić information content (AvgIpc) is 2.93. The highest BCUT2D eigenvalue weighted by Gasteiger charge is 2.20. The summed E-state index contributed by atoms with van der Waals surface area (Å²) in [6.45, 7) is 2.21. The van der Waals surface area contributed by atoms with Crippen LogP contribution in [0.3, 0.4) is 0 Å². The summed E-state index contributed by atoms with van der Waals surface area (Å²) in [5, 5.41) is 5.76. The molecule has 0 fully saturated rings. The fourth-order valence-corrected chi connectivity index (χ4v) is 3.06. The van der Waals surface area contributed by atoms with Gasteiger partial charge in [0, 0.05) is 39.7 Å². The van der Waals surface area contributed by atoms with Crippen molar-refractivity contribution in [1.29, 1.82) is 0 Å². The van der Waals surface area contributed by atoms with Crippen LogP contribution in [0.1, 0.15) is 18.9 Å². The minimum Gasteiger partial charge on any atom is -0.354 e. The summed E-state index contributed by atoms with van der Waals surface area (Å²) in [7, 11) is 2.01. The number of fused-ring (bicyclic) bond motifs is 3. The summed E-state index contributed by atoms with van der Waals surface area (Å²) in [6, 6.07) is 8.63. The lowest BCUT2D eigenvalue weighted by Crippen LogP contribution is -2.37. The Balaban J connectivity index is 1.78. The van der Waals surface area contributed by atoms with Crippen molar-refractivity contribution in [2.24, 2.45) is 0 Å². The first-order chi connectivity index (χ1) is 10.7. The molecule has 1 atom stereocenters. The van der Waals surface area contributed by atoms with Gasteiger partial charge in [-0.2, -0.15) is 0 Å². The van der Waals surface area contributed by atoms with E-state index in [1.165, 1.54) is 21.9 Å². The molecular weight excluding hydrogens is 270 g/mol. The number of benzene rings is 1. The zero-order valence-electron chi connectivity index (χ0n) is 12.9. The lowest BCUT2D eigenvalue weighted by atomic mass is 9.88. The molecule has 0 saturated heterocycles. The van der Waals surface area contributed by atoms with Crippen LogP contribution in [0.5, 0.6) is 0 Å². The molecule has 0 radical (unpaired) electrons. The minimum atomic E-state index is 0.0698. The van der Waals surface area contributed by atoms with E-state index in [2.05, 4.69) is 58.6 Å². The number of aromatic nitrogens is 2. The maximum atomic E-state index is 4.22. The molecule has 0 amide bonds. The van der Waals surface area contributed by atoms with Crippen molar-refractivity contribution in [3.63, 3.8) is 0 Å². The summed E-state index contributed by atoms with van der Waals surface area (Å²) < 4.78 is 0. The van der Waals surface area contributed by atoms with Gasteiger partial charge < -0.3 is 10.3 Å². The zero-order chi connectivity index (χ0) is 15.2. The summed E-state index contributed by atoms with van der Waals surface area (Å²) in [6.07, 6.45) is 11.5. The van der Waals surface area contributed by atoms with Crippen molar-refractivity contribution in [3.8, 4) is 0 Å². The van der Waals surface area contributed by atoms with Gasteiger partial charge in [0.25, 0.3) is 0 Å². The highest BCUT2D eigenvalue weighted by molar-refractivity contribution is 6.07.